The molecule has 2 N–H and O–H groups in total. The second-order valence-corrected chi connectivity index (χ2v) is 7.71. The zero-order valence-electron chi connectivity index (χ0n) is 13.0. The smallest absolute Gasteiger partial charge is 0.329 e. The standard InChI is InChI=1S/C15H26N2O3S/c1-14(12(18)19)7-6-10-17(14)13(20)16-11-15(21-2)8-4-3-5-9-15/h3-11H2,1-2H3,(H,16,20)(H,18,19). The number of urea groups is 1. The number of carbonyl (C=O) groups is 2. The lowest BCUT2D eigenvalue weighted by molar-refractivity contribution is -0.147. The summed E-state index contributed by atoms with van der Waals surface area (Å²) in [7, 11) is 0. The number of rotatable bonds is 4. The van der Waals surface area contributed by atoms with Gasteiger partial charge >= 0.3 is 12.0 Å². The molecule has 2 aliphatic rings. The fourth-order valence-corrected chi connectivity index (χ4v) is 4.41. The van der Waals surface area contributed by atoms with Crippen molar-refractivity contribution in [2.75, 3.05) is 19.3 Å². The fourth-order valence-electron chi connectivity index (χ4n) is 3.49. The van der Waals surface area contributed by atoms with Gasteiger partial charge < -0.3 is 15.3 Å². The van der Waals surface area contributed by atoms with Gasteiger partial charge in [0.2, 0.25) is 0 Å². The molecule has 0 bridgehead atoms. The molecule has 1 atom stereocenters. The molecule has 21 heavy (non-hydrogen) atoms. The van der Waals surface area contributed by atoms with Crippen LogP contribution in [0.5, 0.6) is 0 Å². The van der Waals surface area contributed by atoms with Crippen molar-refractivity contribution < 1.29 is 14.7 Å². The van der Waals surface area contributed by atoms with Crippen LogP contribution in [0.3, 0.4) is 0 Å². The Balaban J connectivity index is 1.96. The number of thioether (sulfide) groups is 1. The molecule has 2 rings (SSSR count). The van der Waals surface area contributed by atoms with E-state index in [0.29, 0.717) is 19.5 Å². The number of aliphatic carboxylic acids is 1. The molecule has 1 heterocycles. The average molecular weight is 314 g/mol. The maximum Gasteiger partial charge on any atom is 0.329 e. The number of nitrogens with one attached hydrogen (secondary N) is 1. The van der Waals surface area contributed by atoms with Gasteiger partial charge in [0.15, 0.2) is 0 Å². The van der Waals surface area contributed by atoms with E-state index in [1.165, 1.54) is 24.2 Å². The van der Waals surface area contributed by atoms with Crippen LogP contribution in [-0.2, 0) is 4.79 Å². The predicted molar refractivity (Wildman–Crippen MR) is 84.7 cm³/mol. The zero-order valence-corrected chi connectivity index (χ0v) is 13.8. The van der Waals surface area contributed by atoms with Crippen LogP contribution in [-0.4, -0.2) is 51.6 Å². The molecule has 0 aromatic heterocycles. The molecule has 0 aromatic rings. The largest absolute Gasteiger partial charge is 0.480 e. The summed E-state index contributed by atoms with van der Waals surface area (Å²) in [6.45, 7) is 2.81. The molecule has 1 saturated heterocycles. The maximum atomic E-state index is 12.4. The van der Waals surface area contributed by atoms with Crippen molar-refractivity contribution in [3.63, 3.8) is 0 Å². The summed E-state index contributed by atoms with van der Waals surface area (Å²) < 4.78 is 0.132. The van der Waals surface area contributed by atoms with E-state index in [1.807, 2.05) is 11.8 Å². The molecule has 6 heteroatoms. The first-order valence-corrected chi connectivity index (χ1v) is 9.00. The molecule has 120 valence electrons. The molecule has 1 aliphatic carbocycles. The van der Waals surface area contributed by atoms with Crippen LogP contribution in [0, 0.1) is 0 Å². The quantitative estimate of drug-likeness (QED) is 0.837. The van der Waals surface area contributed by atoms with Crippen molar-refractivity contribution in [1.29, 1.82) is 0 Å². The number of amides is 2. The van der Waals surface area contributed by atoms with Crippen LogP contribution >= 0.6 is 11.8 Å². The lowest BCUT2D eigenvalue weighted by Crippen LogP contribution is -2.55. The normalized spacial score (nSPS) is 28.4. The number of carboxylic acids is 1. The zero-order chi connectivity index (χ0) is 15.5. The highest BCUT2D eigenvalue weighted by atomic mass is 32.2. The van der Waals surface area contributed by atoms with E-state index in [0.717, 1.165) is 19.3 Å². The Morgan fingerprint density at radius 2 is 1.86 bits per heavy atom. The highest BCUT2D eigenvalue weighted by Gasteiger charge is 2.46. The second-order valence-electron chi connectivity index (χ2n) is 6.44. The number of carboxylic acid groups (broad SMARTS) is 1. The first-order valence-electron chi connectivity index (χ1n) is 7.78. The van der Waals surface area contributed by atoms with Gasteiger partial charge in [0, 0.05) is 17.8 Å². The van der Waals surface area contributed by atoms with Crippen LogP contribution < -0.4 is 5.32 Å². The van der Waals surface area contributed by atoms with E-state index < -0.39 is 11.5 Å². The Morgan fingerprint density at radius 3 is 2.43 bits per heavy atom. The Labute approximate surface area is 130 Å². The van der Waals surface area contributed by atoms with Gasteiger partial charge in [0.1, 0.15) is 5.54 Å². The molecule has 5 nitrogen and oxygen atoms in total. The van der Waals surface area contributed by atoms with Crippen molar-refractivity contribution in [2.24, 2.45) is 0 Å². The first-order chi connectivity index (χ1) is 9.93. The van der Waals surface area contributed by atoms with Crippen molar-refractivity contribution in [3.8, 4) is 0 Å². The molecular formula is C15H26N2O3S. The number of hydrogen-bond donors (Lipinski definition) is 2. The summed E-state index contributed by atoms with van der Waals surface area (Å²) in [6.07, 6.45) is 9.36. The third-order valence-corrected chi connectivity index (χ3v) is 6.53. The van der Waals surface area contributed by atoms with Crippen molar-refractivity contribution in [3.05, 3.63) is 0 Å². The average Bonchev–Trinajstić information content (AvgIpc) is 2.89. The summed E-state index contributed by atoms with van der Waals surface area (Å²) in [5.41, 5.74) is -1.05. The van der Waals surface area contributed by atoms with Crippen LogP contribution in [0.25, 0.3) is 0 Å². The lowest BCUT2D eigenvalue weighted by atomic mass is 9.88. The SMILES string of the molecule is CSC1(CNC(=O)N2CCCC2(C)C(=O)O)CCCCC1. The number of carbonyl (C=O) groups excluding carboxylic acids is 1. The van der Waals surface area contributed by atoms with E-state index in [4.69, 9.17) is 0 Å². The molecule has 1 aliphatic heterocycles. The fraction of sp³-hybridized carbons (Fsp3) is 0.867. The second kappa shape index (κ2) is 6.46. The van der Waals surface area contributed by atoms with E-state index >= 15 is 0 Å². The van der Waals surface area contributed by atoms with E-state index in [1.54, 1.807) is 6.92 Å². The predicted octanol–water partition coefficient (Wildman–Crippen LogP) is 2.70. The molecular weight excluding hydrogens is 288 g/mol. The summed E-state index contributed by atoms with van der Waals surface area (Å²) >= 11 is 1.83. The highest BCUT2D eigenvalue weighted by molar-refractivity contribution is 8.00. The van der Waals surface area contributed by atoms with Crippen molar-refractivity contribution in [1.82, 2.24) is 10.2 Å². The molecule has 0 radical (unpaired) electrons. The van der Waals surface area contributed by atoms with Crippen LogP contribution in [0.4, 0.5) is 4.79 Å². The van der Waals surface area contributed by atoms with Gasteiger partial charge in [0.25, 0.3) is 0 Å². The van der Waals surface area contributed by atoms with Gasteiger partial charge in [-0.25, -0.2) is 9.59 Å². The summed E-state index contributed by atoms with van der Waals surface area (Å²) in [4.78, 5) is 25.3. The minimum absolute atomic E-state index is 0.132. The van der Waals surface area contributed by atoms with E-state index in [2.05, 4.69) is 11.6 Å². The Morgan fingerprint density at radius 1 is 1.19 bits per heavy atom. The molecule has 0 spiro atoms. The van der Waals surface area contributed by atoms with Crippen LogP contribution in [0.2, 0.25) is 0 Å². The number of likely N-dealkylation sites (tertiary alicyclic amines) is 1. The van der Waals surface area contributed by atoms with Gasteiger partial charge in [-0.05, 0) is 38.9 Å². The third kappa shape index (κ3) is 3.30. The highest BCUT2D eigenvalue weighted by Crippen LogP contribution is 2.38. The van der Waals surface area contributed by atoms with Crippen LogP contribution in [0.1, 0.15) is 51.9 Å². The molecule has 1 saturated carbocycles. The van der Waals surface area contributed by atoms with Crippen molar-refractivity contribution >= 4 is 23.8 Å². The van der Waals surface area contributed by atoms with Crippen LogP contribution in [0.15, 0.2) is 0 Å². The Kier molecular flexibility index (Phi) is 5.07. The van der Waals surface area contributed by atoms with Crippen molar-refractivity contribution in [2.45, 2.75) is 62.2 Å². The number of hydrogen-bond acceptors (Lipinski definition) is 3. The summed E-state index contributed by atoms with van der Waals surface area (Å²) in [6, 6.07) is -0.226. The third-order valence-electron chi connectivity index (χ3n) is 5.11. The molecule has 1 unspecified atom stereocenters. The molecule has 2 amide bonds. The van der Waals surface area contributed by atoms with Gasteiger partial charge in [-0.3, -0.25) is 0 Å². The topological polar surface area (TPSA) is 69.6 Å². The minimum Gasteiger partial charge on any atom is -0.480 e. The van der Waals surface area contributed by atoms with E-state index in [-0.39, 0.29) is 10.8 Å². The minimum atomic E-state index is -1.05. The lowest BCUT2D eigenvalue weighted by Gasteiger charge is -2.37. The maximum absolute atomic E-state index is 12.4. The molecule has 2 fully saturated rings. The summed E-state index contributed by atoms with van der Waals surface area (Å²) in [5, 5.41) is 12.4. The summed E-state index contributed by atoms with van der Waals surface area (Å²) in [5.74, 6) is -0.910. The van der Waals surface area contributed by atoms with Gasteiger partial charge in [-0.1, -0.05) is 19.3 Å². The van der Waals surface area contributed by atoms with Gasteiger partial charge in [0.05, 0.1) is 0 Å². The Bertz CT molecular complexity index is 410. The molecule has 0 aromatic carbocycles. The Hall–Kier alpha value is -0.910. The monoisotopic (exact) mass is 314 g/mol. The van der Waals surface area contributed by atoms with E-state index in [9.17, 15) is 14.7 Å². The van der Waals surface area contributed by atoms with Gasteiger partial charge in [-0.15, -0.1) is 0 Å². The van der Waals surface area contributed by atoms with Gasteiger partial charge in [-0.2, -0.15) is 11.8 Å². The number of nitrogens with zero attached hydrogens (tertiary/aromatic N) is 1. The first kappa shape index (κ1) is 16.5.